The molecular formula is C7H2BrClF3NO. The second-order valence-electron chi connectivity index (χ2n) is 2.27. The monoisotopic (exact) mass is 287 g/mol. The lowest BCUT2D eigenvalue weighted by atomic mass is 10.1. The number of aromatic nitrogens is 1. The molecule has 7 heteroatoms. The molecule has 0 fully saturated rings. The van der Waals surface area contributed by atoms with Crippen LogP contribution in [0.1, 0.15) is 22.3 Å². The molecule has 0 amide bonds. The largest absolute Gasteiger partial charge is 0.275 e. The van der Waals surface area contributed by atoms with E-state index in [1.54, 1.807) is 0 Å². The first-order valence-corrected chi connectivity index (χ1v) is 4.44. The van der Waals surface area contributed by atoms with Gasteiger partial charge in [0, 0.05) is 11.6 Å². The first-order valence-electron chi connectivity index (χ1n) is 3.27. The van der Waals surface area contributed by atoms with E-state index < -0.39 is 28.7 Å². The van der Waals surface area contributed by atoms with E-state index in [2.05, 4.69) is 20.9 Å². The summed E-state index contributed by atoms with van der Waals surface area (Å²) in [4.78, 5) is 13.9. The molecular weight excluding hydrogens is 286 g/mol. The van der Waals surface area contributed by atoms with Crippen LogP contribution >= 0.6 is 27.5 Å². The van der Waals surface area contributed by atoms with Crippen LogP contribution in [0.5, 0.6) is 0 Å². The minimum absolute atomic E-state index is 0.326. The standard InChI is InChI=1S/C7H2BrClF3NO/c8-5-4(6(9)14)2(7(11)12)1-3(10)13-5/h1,7H. The van der Waals surface area contributed by atoms with Crippen molar-refractivity contribution in [2.45, 2.75) is 6.43 Å². The molecule has 0 unspecified atom stereocenters. The predicted molar refractivity (Wildman–Crippen MR) is 47.0 cm³/mol. The number of hydrogen-bond donors (Lipinski definition) is 0. The third kappa shape index (κ3) is 2.24. The maximum Gasteiger partial charge on any atom is 0.264 e. The highest BCUT2D eigenvalue weighted by Crippen LogP contribution is 2.29. The van der Waals surface area contributed by atoms with Crippen molar-refractivity contribution in [3.05, 3.63) is 27.7 Å². The zero-order valence-corrected chi connectivity index (χ0v) is 8.74. The predicted octanol–water partition coefficient (Wildman–Crippen LogP) is 3.30. The molecule has 2 nitrogen and oxygen atoms in total. The van der Waals surface area contributed by atoms with Crippen LogP contribution in [0.4, 0.5) is 13.2 Å². The number of hydrogen-bond acceptors (Lipinski definition) is 2. The zero-order chi connectivity index (χ0) is 10.9. The van der Waals surface area contributed by atoms with E-state index in [1.807, 2.05) is 0 Å². The molecule has 0 bridgehead atoms. The molecule has 0 saturated heterocycles. The molecule has 0 N–H and O–H groups in total. The Morgan fingerprint density at radius 2 is 2.14 bits per heavy atom. The van der Waals surface area contributed by atoms with Crippen LogP contribution in [-0.4, -0.2) is 10.2 Å². The van der Waals surface area contributed by atoms with Gasteiger partial charge in [-0.25, -0.2) is 13.8 Å². The van der Waals surface area contributed by atoms with Gasteiger partial charge in [0.1, 0.15) is 4.60 Å². The molecule has 0 atom stereocenters. The van der Waals surface area contributed by atoms with E-state index in [1.165, 1.54) is 0 Å². The van der Waals surface area contributed by atoms with Gasteiger partial charge in [0.05, 0.1) is 5.56 Å². The molecule has 0 spiro atoms. The van der Waals surface area contributed by atoms with Crippen molar-refractivity contribution < 1.29 is 18.0 Å². The highest BCUT2D eigenvalue weighted by molar-refractivity contribution is 9.10. The third-order valence-electron chi connectivity index (χ3n) is 1.41. The molecule has 0 aliphatic heterocycles. The molecule has 76 valence electrons. The van der Waals surface area contributed by atoms with Gasteiger partial charge in [-0.3, -0.25) is 4.79 Å². The lowest BCUT2D eigenvalue weighted by molar-refractivity contribution is 0.106. The van der Waals surface area contributed by atoms with E-state index in [-0.39, 0.29) is 4.60 Å². The van der Waals surface area contributed by atoms with Crippen LogP contribution in [-0.2, 0) is 0 Å². The lowest BCUT2D eigenvalue weighted by Crippen LogP contribution is -2.03. The first kappa shape index (κ1) is 11.5. The van der Waals surface area contributed by atoms with Crippen molar-refractivity contribution in [3.8, 4) is 0 Å². The van der Waals surface area contributed by atoms with Crippen LogP contribution in [0, 0.1) is 5.95 Å². The van der Waals surface area contributed by atoms with Crippen LogP contribution in [0.2, 0.25) is 0 Å². The fourth-order valence-electron chi connectivity index (χ4n) is 0.868. The molecule has 0 aromatic carbocycles. The molecule has 0 aliphatic rings. The van der Waals surface area contributed by atoms with Gasteiger partial charge in [-0.05, 0) is 27.5 Å². The molecule has 1 heterocycles. The van der Waals surface area contributed by atoms with Crippen molar-refractivity contribution in [2.75, 3.05) is 0 Å². The molecule has 0 saturated carbocycles. The number of carbonyl (C=O) groups excluding carboxylic acids is 1. The van der Waals surface area contributed by atoms with Gasteiger partial charge >= 0.3 is 0 Å². The maximum atomic E-state index is 12.6. The van der Waals surface area contributed by atoms with Gasteiger partial charge < -0.3 is 0 Å². The van der Waals surface area contributed by atoms with Gasteiger partial charge in [0.25, 0.3) is 11.7 Å². The average molecular weight is 288 g/mol. The minimum Gasteiger partial charge on any atom is -0.275 e. The Morgan fingerprint density at radius 1 is 1.57 bits per heavy atom. The normalized spacial score (nSPS) is 10.7. The summed E-state index contributed by atoms with van der Waals surface area (Å²) in [6.07, 6.45) is -2.98. The first-order chi connectivity index (χ1) is 6.43. The lowest BCUT2D eigenvalue weighted by Gasteiger charge is -2.06. The van der Waals surface area contributed by atoms with E-state index >= 15 is 0 Å². The maximum absolute atomic E-state index is 12.6. The fraction of sp³-hybridized carbons (Fsp3) is 0.143. The Morgan fingerprint density at radius 3 is 2.57 bits per heavy atom. The number of rotatable bonds is 2. The van der Waals surface area contributed by atoms with Gasteiger partial charge in [-0.15, -0.1) is 0 Å². The van der Waals surface area contributed by atoms with Crippen molar-refractivity contribution in [3.63, 3.8) is 0 Å². The smallest absolute Gasteiger partial charge is 0.264 e. The SMILES string of the molecule is O=C(Cl)c1c(C(F)F)cc(F)nc1Br. The summed E-state index contributed by atoms with van der Waals surface area (Å²) in [5.74, 6) is -1.10. The van der Waals surface area contributed by atoms with Crippen molar-refractivity contribution in [1.29, 1.82) is 0 Å². The highest BCUT2D eigenvalue weighted by Gasteiger charge is 2.22. The molecule has 0 radical (unpaired) electrons. The van der Waals surface area contributed by atoms with E-state index in [9.17, 15) is 18.0 Å². The molecule has 1 rings (SSSR count). The Kier molecular flexibility index (Phi) is 3.49. The number of carbonyl (C=O) groups is 1. The van der Waals surface area contributed by atoms with Gasteiger partial charge in [0.15, 0.2) is 0 Å². The summed E-state index contributed by atoms with van der Waals surface area (Å²) >= 11 is 7.72. The summed E-state index contributed by atoms with van der Waals surface area (Å²) in [5.41, 5.74) is -1.28. The van der Waals surface area contributed by atoms with Gasteiger partial charge in [0.2, 0.25) is 5.95 Å². The number of nitrogens with zero attached hydrogens (tertiary/aromatic N) is 1. The van der Waals surface area contributed by atoms with Crippen LogP contribution < -0.4 is 0 Å². The molecule has 14 heavy (non-hydrogen) atoms. The number of alkyl halides is 2. The zero-order valence-electron chi connectivity index (χ0n) is 6.40. The number of pyridine rings is 1. The summed E-state index contributed by atoms with van der Waals surface area (Å²) in [5, 5.41) is -1.11. The van der Waals surface area contributed by atoms with E-state index in [0.717, 1.165) is 0 Å². The Bertz CT molecular complexity index is 385. The van der Waals surface area contributed by atoms with Crippen molar-refractivity contribution >= 4 is 32.8 Å². The van der Waals surface area contributed by atoms with Crippen LogP contribution in [0.3, 0.4) is 0 Å². The summed E-state index contributed by atoms with van der Waals surface area (Å²) in [6.45, 7) is 0. The Labute approximate surface area is 90.2 Å². The van der Waals surface area contributed by atoms with Crippen LogP contribution in [0.15, 0.2) is 10.7 Å². The minimum atomic E-state index is -2.98. The summed E-state index contributed by atoms with van der Waals surface area (Å²) < 4.78 is 36.9. The Hall–Kier alpha value is -0.620. The van der Waals surface area contributed by atoms with Gasteiger partial charge in [-0.2, -0.15) is 4.39 Å². The molecule has 0 aliphatic carbocycles. The average Bonchev–Trinajstić information content (AvgIpc) is 2.01. The summed E-state index contributed by atoms with van der Waals surface area (Å²) in [7, 11) is 0. The van der Waals surface area contributed by atoms with Crippen molar-refractivity contribution in [2.24, 2.45) is 0 Å². The van der Waals surface area contributed by atoms with Crippen molar-refractivity contribution in [1.82, 2.24) is 4.98 Å². The second kappa shape index (κ2) is 4.27. The second-order valence-corrected chi connectivity index (χ2v) is 3.37. The van der Waals surface area contributed by atoms with E-state index in [4.69, 9.17) is 11.6 Å². The molecule has 1 aromatic heterocycles. The quantitative estimate of drug-likeness (QED) is 0.617. The Balaban J connectivity index is 3.44. The molecule has 1 aromatic rings. The van der Waals surface area contributed by atoms with Crippen LogP contribution in [0.25, 0.3) is 0 Å². The third-order valence-corrected chi connectivity index (χ3v) is 2.17. The topological polar surface area (TPSA) is 30.0 Å². The highest BCUT2D eigenvalue weighted by atomic mass is 79.9. The number of halogens is 5. The fourth-order valence-corrected chi connectivity index (χ4v) is 1.76. The van der Waals surface area contributed by atoms with E-state index in [0.29, 0.717) is 6.07 Å². The summed E-state index contributed by atoms with van der Waals surface area (Å²) in [6, 6.07) is 0.477. The van der Waals surface area contributed by atoms with Gasteiger partial charge in [-0.1, -0.05) is 0 Å².